The predicted molar refractivity (Wildman–Crippen MR) is 70.8 cm³/mol. The van der Waals surface area contributed by atoms with Crippen LogP contribution >= 0.6 is 11.6 Å². The molecule has 110 valence electrons. The molecule has 2 aromatic rings. The van der Waals surface area contributed by atoms with Gasteiger partial charge in [0.1, 0.15) is 5.82 Å². The van der Waals surface area contributed by atoms with Crippen molar-refractivity contribution in [3.05, 3.63) is 64.4 Å². The fraction of sp³-hybridized carbons (Fsp3) is 0.0714. The van der Waals surface area contributed by atoms with E-state index >= 15 is 0 Å². The van der Waals surface area contributed by atoms with Crippen LogP contribution in [0.25, 0.3) is 0 Å². The number of carbonyl (C=O) groups excluding carboxylic acids is 1. The SMILES string of the molecule is O=C(Nc1ccc(Cl)cc1)c1cccc(C(F)(F)F)c1F. The molecule has 0 unspecified atom stereocenters. The van der Waals surface area contributed by atoms with Gasteiger partial charge in [0.25, 0.3) is 5.91 Å². The number of hydrogen-bond donors (Lipinski definition) is 1. The second-order valence-electron chi connectivity index (χ2n) is 4.13. The normalized spacial score (nSPS) is 11.3. The first kappa shape index (κ1) is 15.3. The molecule has 0 aliphatic rings. The van der Waals surface area contributed by atoms with Crippen molar-refractivity contribution in [1.82, 2.24) is 0 Å². The minimum Gasteiger partial charge on any atom is -0.322 e. The molecule has 1 N–H and O–H groups in total. The highest BCUT2D eigenvalue weighted by Gasteiger charge is 2.35. The molecule has 0 bridgehead atoms. The molecule has 0 saturated carbocycles. The van der Waals surface area contributed by atoms with E-state index in [1.165, 1.54) is 24.3 Å². The van der Waals surface area contributed by atoms with E-state index in [9.17, 15) is 22.4 Å². The number of amides is 1. The molecule has 7 heteroatoms. The van der Waals surface area contributed by atoms with Gasteiger partial charge in [0.2, 0.25) is 0 Å². The average Bonchev–Trinajstić information content (AvgIpc) is 2.40. The van der Waals surface area contributed by atoms with Crippen molar-refractivity contribution < 1.29 is 22.4 Å². The van der Waals surface area contributed by atoms with E-state index in [0.29, 0.717) is 16.8 Å². The average molecular weight is 318 g/mol. The Bertz CT molecular complexity index is 668. The van der Waals surface area contributed by atoms with Crippen LogP contribution in [-0.4, -0.2) is 5.91 Å². The zero-order valence-electron chi connectivity index (χ0n) is 10.3. The van der Waals surface area contributed by atoms with Gasteiger partial charge < -0.3 is 5.32 Å². The Morgan fingerprint density at radius 2 is 1.67 bits per heavy atom. The summed E-state index contributed by atoms with van der Waals surface area (Å²) in [4.78, 5) is 11.8. The number of halogens is 5. The first-order valence-corrected chi connectivity index (χ1v) is 6.09. The van der Waals surface area contributed by atoms with Gasteiger partial charge in [-0.15, -0.1) is 0 Å². The molecule has 2 nitrogen and oxygen atoms in total. The fourth-order valence-electron chi connectivity index (χ4n) is 1.66. The van der Waals surface area contributed by atoms with Crippen LogP contribution < -0.4 is 5.32 Å². The van der Waals surface area contributed by atoms with Crippen LogP contribution in [0.1, 0.15) is 15.9 Å². The molecular weight excluding hydrogens is 310 g/mol. The minimum atomic E-state index is -4.86. The first-order valence-electron chi connectivity index (χ1n) is 5.71. The maximum Gasteiger partial charge on any atom is 0.419 e. The molecule has 0 fully saturated rings. The lowest BCUT2D eigenvalue weighted by molar-refractivity contribution is -0.140. The highest BCUT2D eigenvalue weighted by Crippen LogP contribution is 2.32. The van der Waals surface area contributed by atoms with E-state index in [0.717, 1.165) is 12.1 Å². The van der Waals surface area contributed by atoms with Crippen molar-refractivity contribution in [2.24, 2.45) is 0 Å². The molecule has 21 heavy (non-hydrogen) atoms. The topological polar surface area (TPSA) is 29.1 Å². The van der Waals surface area contributed by atoms with E-state index < -0.39 is 29.0 Å². The molecule has 2 aromatic carbocycles. The highest BCUT2D eigenvalue weighted by molar-refractivity contribution is 6.30. The van der Waals surface area contributed by atoms with Crippen molar-refractivity contribution in [2.45, 2.75) is 6.18 Å². The number of alkyl halides is 3. The molecule has 0 heterocycles. The molecule has 0 saturated heterocycles. The van der Waals surface area contributed by atoms with E-state index in [1.807, 2.05) is 0 Å². The Morgan fingerprint density at radius 1 is 1.05 bits per heavy atom. The minimum absolute atomic E-state index is 0.293. The van der Waals surface area contributed by atoms with Gasteiger partial charge in [-0.2, -0.15) is 13.2 Å². The summed E-state index contributed by atoms with van der Waals surface area (Å²) in [5, 5.41) is 2.73. The first-order chi connectivity index (χ1) is 9.79. The molecule has 0 spiro atoms. The Balaban J connectivity index is 2.30. The maximum atomic E-state index is 13.8. The van der Waals surface area contributed by atoms with Crippen LogP contribution in [-0.2, 0) is 6.18 Å². The van der Waals surface area contributed by atoms with Crippen molar-refractivity contribution in [2.75, 3.05) is 5.32 Å². The van der Waals surface area contributed by atoms with Gasteiger partial charge in [-0.25, -0.2) is 4.39 Å². The zero-order chi connectivity index (χ0) is 15.6. The summed E-state index contributed by atoms with van der Waals surface area (Å²) in [6.07, 6.45) is -4.86. The lowest BCUT2D eigenvalue weighted by atomic mass is 10.1. The van der Waals surface area contributed by atoms with Gasteiger partial charge in [-0.05, 0) is 36.4 Å². The van der Waals surface area contributed by atoms with Crippen molar-refractivity contribution in [3.8, 4) is 0 Å². The van der Waals surface area contributed by atoms with Crippen LogP contribution in [0.4, 0.5) is 23.2 Å². The number of benzene rings is 2. The highest BCUT2D eigenvalue weighted by atomic mass is 35.5. The van der Waals surface area contributed by atoms with Gasteiger partial charge in [0.15, 0.2) is 0 Å². The Morgan fingerprint density at radius 3 is 2.24 bits per heavy atom. The van der Waals surface area contributed by atoms with Crippen molar-refractivity contribution in [3.63, 3.8) is 0 Å². The third kappa shape index (κ3) is 3.52. The molecule has 1 amide bonds. The van der Waals surface area contributed by atoms with Crippen molar-refractivity contribution in [1.29, 1.82) is 0 Å². The van der Waals surface area contributed by atoms with E-state index in [-0.39, 0.29) is 0 Å². The molecule has 0 aliphatic carbocycles. The lowest BCUT2D eigenvalue weighted by Crippen LogP contribution is -2.17. The summed E-state index contributed by atoms with van der Waals surface area (Å²) >= 11 is 5.66. The van der Waals surface area contributed by atoms with Gasteiger partial charge in [-0.1, -0.05) is 17.7 Å². The zero-order valence-corrected chi connectivity index (χ0v) is 11.1. The summed E-state index contributed by atoms with van der Waals surface area (Å²) in [5.41, 5.74) is -1.87. The summed E-state index contributed by atoms with van der Waals surface area (Å²) in [6, 6.07) is 8.41. The smallest absolute Gasteiger partial charge is 0.322 e. The van der Waals surface area contributed by atoms with E-state index in [1.54, 1.807) is 0 Å². The Labute approximate surface area is 122 Å². The molecule has 0 aliphatic heterocycles. The molecule has 0 aromatic heterocycles. The second-order valence-corrected chi connectivity index (χ2v) is 4.56. The largest absolute Gasteiger partial charge is 0.419 e. The molecule has 2 rings (SSSR count). The molecule has 0 radical (unpaired) electrons. The fourth-order valence-corrected chi connectivity index (χ4v) is 1.78. The number of rotatable bonds is 2. The molecule has 0 atom stereocenters. The van der Waals surface area contributed by atoms with Crippen molar-refractivity contribution >= 4 is 23.2 Å². The van der Waals surface area contributed by atoms with Gasteiger partial charge in [0.05, 0.1) is 11.1 Å². The van der Waals surface area contributed by atoms with Crippen LogP contribution in [0.2, 0.25) is 5.02 Å². The predicted octanol–water partition coefficient (Wildman–Crippen LogP) is 4.75. The van der Waals surface area contributed by atoms with Gasteiger partial charge in [-0.3, -0.25) is 4.79 Å². The molecular formula is C14H8ClF4NO. The Kier molecular flexibility index (Phi) is 4.18. The van der Waals surface area contributed by atoms with Gasteiger partial charge >= 0.3 is 6.18 Å². The lowest BCUT2D eigenvalue weighted by Gasteiger charge is -2.11. The third-order valence-electron chi connectivity index (χ3n) is 2.65. The monoisotopic (exact) mass is 317 g/mol. The van der Waals surface area contributed by atoms with E-state index in [2.05, 4.69) is 5.32 Å². The number of hydrogen-bond acceptors (Lipinski definition) is 1. The number of anilines is 1. The van der Waals surface area contributed by atoms with Crippen LogP contribution in [0, 0.1) is 5.82 Å². The number of carbonyl (C=O) groups is 1. The summed E-state index contributed by atoms with van der Waals surface area (Å²) in [6.45, 7) is 0. The quantitative estimate of drug-likeness (QED) is 0.796. The number of nitrogens with one attached hydrogen (secondary N) is 1. The van der Waals surface area contributed by atoms with Gasteiger partial charge in [0, 0.05) is 10.7 Å². The second kappa shape index (κ2) is 5.73. The Hall–Kier alpha value is -2.08. The third-order valence-corrected chi connectivity index (χ3v) is 2.90. The summed E-state index contributed by atoms with van der Waals surface area (Å²) in [5.74, 6) is -2.57. The van der Waals surface area contributed by atoms with Crippen LogP contribution in [0.15, 0.2) is 42.5 Å². The standard InChI is InChI=1S/C14H8ClF4NO/c15-8-4-6-9(7-5-8)20-13(21)10-2-1-3-11(12(10)16)14(17,18)19/h1-7H,(H,20,21). The van der Waals surface area contributed by atoms with Crippen LogP contribution in [0.5, 0.6) is 0 Å². The summed E-state index contributed by atoms with van der Waals surface area (Å²) in [7, 11) is 0. The van der Waals surface area contributed by atoms with E-state index in [4.69, 9.17) is 11.6 Å². The van der Waals surface area contributed by atoms with Crippen LogP contribution in [0.3, 0.4) is 0 Å². The maximum absolute atomic E-state index is 13.8. The summed E-state index contributed by atoms with van der Waals surface area (Å²) < 4.78 is 51.5.